The molecule has 4 heteroatoms. The van der Waals surface area contributed by atoms with Crippen molar-refractivity contribution in [2.45, 2.75) is 0 Å². The Labute approximate surface area is 66.5 Å². The molecule has 10 heavy (non-hydrogen) atoms. The van der Waals surface area contributed by atoms with Crippen molar-refractivity contribution < 1.29 is 5.21 Å². The molecule has 0 aliphatic rings. The standard InChI is InChI=1S/C6H5BrN2O/c7-6-3-5(4-9-10)1-2-8-6/h1-4,10H/b9-4-. The summed E-state index contributed by atoms with van der Waals surface area (Å²) in [5.41, 5.74) is 0.810. The Morgan fingerprint density at radius 3 is 3.10 bits per heavy atom. The van der Waals surface area contributed by atoms with E-state index < -0.39 is 0 Å². The Bertz CT molecular complexity index is 249. The van der Waals surface area contributed by atoms with E-state index in [0.29, 0.717) is 0 Å². The van der Waals surface area contributed by atoms with Gasteiger partial charge in [0.15, 0.2) is 0 Å². The predicted molar refractivity (Wildman–Crippen MR) is 41.3 cm³/mol. The van der Waals surface area contributed by atoms with Gasteiger partial charge in [-0.2, -0.15) is 0 Å². The molecule has 0 aliphatic heterocycles. The third-order valence-corrected chi connectivity index (χ3v) is 1.39. The van der Waals surface area contributed by atoms with Crippen LogP contribution >= 0.6 is 15.9 Å². The first-order chi connectivity index (χ1) is 4.83. The molecule has 0 aliphatic carbocycles. The van der Waals surface area contributed by atoms with Gasteiger partial charge in [-0.1, -0.05) is 5.16 Å². The van der Waals surface area contributed by atoms with Gasteiger partial charge in [-0.3, -0.25) is 0 Å². The van der Waals surface area contributed by atoms with E-state index in [-0.39, 0.29) is 0 Å². The van der Waals surface area contributed by atoms with Crippen LogP contribution in [0.2, 0.25) is 0 Å². The summed E-state index contributed by atoms with van der Waals surface area (Å²) in [6, 6.07) is 3.49. The highest BCUT2D eigenvalue weighted by Crippen LogP contribution is 2.05. The zero-order valence-electron chi connectivity index (χ0n) is 5.03. The van der Waals surface area contributed by atoms with Crippen molar-refractivity contribution in [2.75, 3.05) is 0 Å². The van der Waals surface area contributed by atoms with Crippen molar-refractivity contribution in [2.24, 2.45) is 5.16 Å². The van der Waals surface area contributed by atoms with E-state index >= 15 is 0 Å². The summed E-state index contributed by atoms with van der Waals surface area (Å²) in [5, 5.41) is 11.0. The van der Waals surface area contributed by atoms with Crippen molar-refractivity contribution in [3.05, 3.63) is 28.5 Å². The fourth-order valence-electron chi connectivity index (χ4n) is 0.564. The first kappa shape index (κ1) is 7.21. The molecule has 1 N–H and O–H groups in total. The summed E-state index contributed by atoms with van der Waals surface area (Å²) in [4.78, 5) is 3.90. The monoisotopic (exact) mass is 200 g/mol. The second-order valence-corrected chi connectivity index (χ2v) is 2.47. The quantitative estimate of drug-likeness (QED) is 0.325. The predicted octanol–water partition coefficient (Wildman–Crippen LogP) is 1.65. The fraction of sp³-hybridized carbons (Fsp3) is 0. The minimum atomic E-state index is 0.727. The summed E-state index contributed by atoms with van der Waals surface area (Å²) < 4.78 is 0.727. The van der Waals surface area contributed by atoms with E-state index in [1.54, 1.807) is 18.3 Å². The van der Waals surface area contributed by atoms with Crippen LogP contribution in [0.4, 0.5) is 0 Å². The van der Waals surface area contributed by atoms with Crippen molar-refractivity contribution in [3.63, 3.8) is 0 Å². The number of halogens is 1. The molecule has 0 spiro atoms. The van der Waals surface area contributed by atoms with Gasteiger partial charge in [0.1, 0.15) is 4.60 Å². The third kappa shape index (κ3) is 1.80. The SMILES string of the molecule is O/N=C\c1ccnc(Br)c1. The van der Waals surface area contributed by atoms with Crippen LogP contribution in [-0.2, 0) is 0 Å². The van der Waals surface area contributed by atoms with Gasteiger partial charge in [0.25, 0.3) is 0 Å². The molecule has 3 nitrogen and oxygen atoms in total. The molecular formula is C6H5BrN2O. The maximum absolute atomic E-state index is 8.14. The molecule has 0 radical (unpaired) electrons. The molecule has 1 aromatic heterocycles. The van der Waals surface area contributed by atoms with E-state index in [0.717, 1.165) is 10.2 Å². The Kier molecular flexibility index (Phi) is 2.39. The lowest BCUT2D eigenvalue weighted by molar-refractivity contribution is 0.322. The van der Waals surface area contributed by atoms with Crippen LogP contribution in [0.3, 0.4) is 0 Å². The zero-order chi connectivity index (χ0) is 7.40. The normalized spacial score (nSPS) is 10.5. The lowest BCUT2D eigenvalue weighted by Crippen LogP contribution is -1.81. The molecule has 52 valence electrons. The number of oxime groups is 1. The average molecular weight is 201 g/mol. The van der Waals surface area contributed by atoms with Gasteiger partial charge in [0.05, 0.1) is 6.21 Å². The number of rotatable bonds is 1. The first-order valence-corrected chi connectivity index (χ1v) is 3.41. The minimum absolute atomic E-state index is 0.727. The van der Waals surface area contributed by atoms with Crippen LogP contribution in [-0.4, -0.2) is 16.4 Å². The van der Waals surface area contributed by atoms with E-state index in [9.17, 15) is 0 Å². The third-order valence-electron chi connectivity index (χ3n) is 0.957. The number of hydrogen-bond acceptors (Lipinski definition) is 3. The molecule has 0 amide bonds. The van der Waals surface area contributed by atoms with Crippen molar-refractivity contribution in [1.82, 2.24) is 4.98 Å². The van der Waals surface area contributed by atoms with Gasteiger partial charge in [0, 0.05) is 11.8 Å². The molecule has 0 fully saturated rings. The van der Waals surface area contributed by atoms with Crippen LogP contribution in [0, 0.1) is 0 Å². The topological polar surface area (TPSA) is 45.5 Å². The molecule has 0 aromatic carbocycles. The summed E-state index contributed by atoms with van der Waals surface area (Å²) >= 11 is 3.18. The summed E-state index contributed by atoms with van der Waals surface area (Å²) in [6.45, 7) is 0. The second-order valence-electron chi connectivity index (χ2n) is 1.66. The van der Waals surface area contributed by atoms with Crippen LogP contribution in [0.1, 0.15) is 5.56 Å². The molecule has 1 heterocycles. The van der Waals surface area contributed by atoms with Gasteiger partial charge in [-0.25, -0.2) is 4.98 Å². The summed E-state index contributed by atoms with van der Waals surface area (Å²) in [5.74, 6) is 0. The highest BCUT2D eigenvalue weighted by Gasteiger charge is 1.88. The van der Waals surface area contributed by atoms with Crippen molar-refractivity contribution >= 4 is 22.1 Å². The van der Waals surface area contributed by atoms with Crippen LogP contribution in [0.15, 0.2) is 28.1 Å². The van der Waals surface area contributed by atoms with Gasteiger partial charge < -0.3 is 5.21 Å². The highest BCUT2D eigenvalue weighted by atomic mass is 79.9. The number of pyridine rings is 1. The molecule has 0 unspecified atom stereocenters. The van der Waals surface area contributed by atoms with E-state index in [2.05, 4.69) is 26.1 Å². The van der Waals surface area contributed by atoms with Gasteiger partial charge in [0.2, 0.25) is 0 Å². The molecule has 0 saturated carbocycles. The Hall–Kier alpha value is -0.900. The molecule has 0 saturated heterocycles. The summed E-state index contributed by atoms with van der Waals surface area (Å²) in [6.07, 6.45) is 2.97. The average Bonchev–Trinajstić information content (AvgIpc) is 1.88. The highest BCUT2D eigenvalue weighted by molar-refractivity contribution is 9.10. The molecule has 0 bridgehead atoms. The maximum atomic E-state index is 8.14. The molecule has 0 atom stereocenters. The fourth-order valence-corrected chi connectivity index (χ4v) is 0.947. The Morgan fingerprint density at radius 2 is 2.50 bits per heavy atom. The lowest BCUT2D eigenvalue weighted by Gasteiger charge is -1.89. The van der Waals surface area contributed by atoms with Crippen LogP contribution in [0.5, 0.6) is 0 Å². The Morgan fingerprint density at radius 1 is 1.70 bits per heavy atom. The van der Waals surface area contributed by atoms with Gasteiger partial charge in [-0.05, 0) is 28.1 Å². The second kappa shape index (κ2) is 3.31. The van der Waals surface area contributed by atoms with Crippen LogP contribution < -0.4 is 0 Å². The summed E-state index contributed by atoms with van der Waals surface area (Å²) in [7, 11) is 0. The lowest BCUT2D eigenvalue weighted by atomic mass is 10.3. The van der Waals surface area contributed by atoms with Crippen molar-refractivity contribution in [3.8, 4) is 0 Å². The van der Waals surface area contributed by atoms with E-state index in [1.807, 2.05) is 0 Å². The van der Waals surface area contributed by atoms with Gasteiger partial charge in [-0.15, -0.1) is 0 Å². The maximum Gasteiger partial charge on any atom is 0.106 e. The number of nitrogens with zero attached hydrogens (tertiary/aromatic N) is 2. The largest absolute Gasteiger partial charge is 0.411 e. The first-order valence-electron chi connectivity index (χ1n) is 2.62. The zero-order valence-corrected chi connectivity index (χ0v) is 6.62. The smallest absolute Gasteiger partial charge is 0.106 e. The molecule has 1 rings (SSSR count). The minimum Gasteiger partial charge on any atom is -0.411 e. The van der Waals surface area contributed by atoms with Crippen LogP contribution in [0.25, 0.3) is 0 Å². The van der Waals surface area contributed by atoms with Gasteiger partial charge >= 0.3 is 0 Å². The van der Waals surface area contributed by atoms with E-state index in [1.165, 1.54) is 6.21 Å². The van der Waals surface area contributed by atoms with Crippen molar-refractivity contribution in [1.29, 1.82) is 0 Å². The number of aromatic nitrogens is 1. The Balaban J connectivity index is 2.95. The molecular weight excluding hydrogens is 196 g/mol. The molecule has 1 aromatic rings. The van der Waals surface area contributed by atoms with E-state index in [4.69, 9.17) is 5.21 Å². The number of hydrogen-bond donors (Lipinski definition) is 1.